The second kappa shape index (κ2) is 5.94. The van der Waals surface area contributed by atoms with Gasteiger partial charge in [-0.25, -0.2) is 0 Å². The molecule has 1 aliphatic carbocycles. The molecule has 5 heteroatoms. The summed E-state index contributed by atoms with van der Waals surface area (Å²) in [6.07, 6.45) is 10.4. The Kier molecular flexibility index (Phi) is 3.76. The Balaban J connectivity index is 1.43. The van der Waals surface area contributed by atoms with Gasteiger partial charge in [-0.3, -0.25) is 4.79 Å². The van der Waals surface area contributed by atoms with Gasteiger partial charge in [0, 0.05) is 44.8 Å². The molecule has 2 aliphatic heterocycles. The Morgan fingerprint density at radius 1 is 1.21 bits per heavy atom. The van der Waals surface area contributed by atoms with Crippen LogP contribution in [0.1, 0.15) is 38.5 Å². The molecular weight excluding hydrogens is 300 g/mol. The summed E-state index contributed by atoms with van der Waals surface area (Å²) in [5, 5.41) is 8.25. The largest absolute Gasteiger partial charge is 0.365 e. The number of para-hydroxylation sites is 2. The summed E-state index contributed by atoms with van der Waals surface area (Å²) in [5.41, 5.74) is 1.86. The number of carbonyl (C=O) groups is 1. The molecule has 1 aromatic rings. The first-order chi connectivity index (χ1) is 11.7. The molecule has 0 saturated heterocycles. The van der Waals surface area contributed by atoms with Gasteiger partial charge < -0.3 is 9.80 Å². The van der Waals surface area contributed by atoms with Gasteiger partial charge in [0.15, 0.2) is 5.66 Å². The van der Waals surface area contributed by atoms with Crippen molar-refractivity contribution in [1.29, 1.82) is 0 Å². The molecule has 4 rings (SSSR count). The summed E-state index contributed by atoms with van der Waals surface area (Å²) < 4.78 is 0. The standard InChI is InChI=1S/C19H22N4O/c1-2-3-11-19(20-21-19)12-10-18(24)23-14-13-22(15-8-9-15)16-6-4-5-7-17(16)23/h1,4-7,15H,3,8-14H2. The van der Waals surface area contributed by atoms with Gasteiger partial charge in [-0.05, 0) is 25.0 Å². The molecule has 1 fully saturated rings. The fourth-order valence-corrected chi connectivity index (χ4v) is 3.52. The van der Waals surface area contributed by atoms with Crippen molar-refractivity contribution in [3.05, 3.63) is 24.3 Å². The number of hydrogen-bond donors (Lipinski definition) is 0. The van der Waals surface area contributed by atoms with Crippen molar-refractivity contribution in [2.45, 2.75) is 50.2 Å². The van der Waals surface area contributed by atoms with Crippen molar-refractivity contribution in [2.24, 2.45) is 10.2 Å². The number of hydrogen-bond acceptors (Lipinski definition) is 4. The summed E-state index contributed by atoms with van der Waals surface area (Å²) in [7, 11) is 0. The molecule has 2 heterocycles. The first kappa shape index (κ1) is 15.2. The van der Waals surface area contributed by atoms with Crippen molar-refractivity contribution >= 4 is 17.3 Å². The number of carbonyl (C=O) groups excluding carboxylic acids is 1. The number of rotatable bonds is 6. The van der Waals surface area contributed by atoms with Gasteiger partial charge in [-0.15, -0.1) is 12.3 Å². The van der Waals surface area contributed by atoms with Gasteiger partial charge in [-0.1, -0.05) is 12.1 Å². The zero-order valence-corrected chi connectivity index (χ0v) is 13.8. The van der Waals surface area contributed by atoms with Crippen molar-refractivity contribution in [2.75, 3.05) is 22.9 Å². The lowest BCUT2D eigenvalue weighted by molar-refractivity contribution is -0.118. The Labute approximate surface area is 142 Å². The number of amides is 1. The highest BCUT2D eigenvalue weighted by Gasteiger charge is 2.40. The van der Waals surface area contributed by atoms with Crippen LogP contribution in [-0.4, -0.2) is 30.7 Å². The molecule has 3 aliphatic rings. The number of fused-ring (bicyclic) bond motifs is 1. The summed E-state index contributed by atoms with van der Waals surface area (Å²) >= 11 is 0. The third-order valence-corrected chi connectivity index (χ3v) is 5.13. The average molecular weight is 322 g/mol. The summed E-state index contributed by atoms with van der Waals surface area (Å²) in [5.74, 6) is 2.79. The van der Waals surface area contributed by atoms with E-state index >= 15 is 0 Å². The van der Waals surface area contributed by atoms with E-state index in [9.17, 15) is 4.79 Å². The van der Waals surface area contributed by atoms with E-state index in [1.807, 2.05) is 11.0 Å². The third kappa shape index (κ3) is 2.89. The summed E-state index contributed by atoms with van der Waals surface area (Å²) in [6, 6.07) is 8.92. The SMILES string of the molecule is C#CCCC1(CCC(=O)N2CCN(C3CC3)c3ccccc32)N=N1. The van der Waals surface area contributed by atoms with Crippen molar-refractivity contribution in [1.82, 2.24) is 0 Å². The molecule has 0 N–H and O–H groups in total. The van der Waals surface area contributed by atoms with Gasteiger partial charge in [0.25, 0.3) is 0 Å². The summed E-state index contributed by atoms with van der Waals surface area (Å²) in [4.78, 5) is 17.2. The van der Waals surface area contributed by atoms with Crippen molar-refractivity contribution < 1.29 is 4.79 Å². The lowest BCUT2D eigenvalue weighted by Gasteiger charge is -2.38. The zero-order valence-electron chi connectivity index (χ0n) is 13.8. The lowest BCUT2D eigenvalue weighted by atomic mass is 10.0. The predicted molar refractivity (Wildman–Crippen MR) is 94.1 cm³/mol. The Bertz CT molecular complexity index is 710. The van der Waals surface area contributed by atoms with Crippen molar-refractivity contribution in [3.63, 3.8) is 0 Å². The second-order valence-electron chi connectivity index (χ2n) is 6.85. The van der Waals surface area contributed by atoms with Crippen LogP contribution < -0.4 is 9.80 Å². The molecule has 1 aromatic carbocycles. The van der Waals surface area contributed by atoms with Crippen LogP contribution in [0.5, 0.6) is 0 Å². The van der Waals surface area contributed by atoms with Crippen molar-refractivity contribution in [3.8, 4) is 12.3 Å². The van der Waals surface area contributed by atoms with E-state index < -0.39 is 0 Å². The maximum atomic E-state index is 12.8. The summed E-state index contributed by atoms with van der Waals surface area (Å²) in [6.45, 7) is 1.68. The molecule has 5 nitrogen and oxygen atoms in total. The predicted octanol–water partition coefficient (Wildman–Crippen LogP) is 3.36. The molecule has 1 saturated carbocycles. The number of anilines is 2. The first-order valence-corrected chi connectivity index (χ1v) is 8.76. The van der Waals surface area contributed by atoms with E-state index in [0.29, 0.717) is 25.3 Å². The lowest BCUT2D eigenvalue weighted by Crippen LogP contribution is -2.45. The molecule has 0 spiro atoms. The second-order valence-corrected chi connectivity index (χ2v) is 6.85. The fraction of sp³-hybridized carbons (Fsp3) is 0.526. The van der Waals surface area contributed by atoms with Gasteiger partial charge in [-0.2, -0.15) is 10.2 Å². The molecule has 0 atom stereocenters. The normalized spacial score (nSPS) is 20.5. The molecule has 1 amide bonds. The molecule has 0 radical (unpaired) electrons. The van der Waals surface area contributed by atoms with Crippen LogP contribution >= 0.6 is 0 Å². The van der Waals surface area contributed by atoms with E-state index in [1.165, 1.54) is 18.5 Å². The number of terminal acetylenes is 1. The van der Waals surface area contributed by atoms with Gasteiger partial charge in [0.1, 0.15) is 0 Å². The van der Waals surface area contributed by atoms with E-state index in [0.717, 1.165) is 25.2 Å². The molecule has 0 unspecified atom stereocenters. The zero-order chi connectivity index (χ0) is 16.6. The minimum atomic E-state index is -0.378. The molecular formula is C19H22N4O. The van der Waals surface area contributed by atoms with Crippen LogP contribution in [0.15, 0.2) is 34.5 Å². The maximum Gasteiger partial charge on any atom is 0.227 e. The maximum absolute atomic E-state index is 12.8. The first-order valence-electron chi connectivity index (χ1n) is 8.76. The van der Waals surface area contributed by atoms with Crippen LogP contribution in [0.2, 0.25) is 0 Å². The topological polar surface area (TPSA) is 48.3 Å². The molecule has 0 bridgehead atoms. The van der Waals surface area contributed by atoms with E-state index in [1.54, 1.807) is 0 Å². The van der Waals surface area contributed by atoms with Crippen LogP contribution in [0.3, 0.4) is 0 Å². The quantitative estimate of drug-likeness (QED) is 0.754. The van der Waals surface area contributed by atoms with Gasteiger partial charge in [0.2, 0.25) is 5.91 Å². The van der Waals surface area contributed by atoms with Gasteiger partial charge in [0.05, 0.1) is 11.4 Å². The molecule has 124 valence electrons. The Morgan fingerprint density at radius 2 is 1.96 bits per heavy atom. The average Bonchev–Trinajstić information content (AvgIpc) is 3.53. The highest BCUT2D eigenvalue weighted by Crippen LogP contribution is 2.41. The van der Waals surface area contributed by atoms with E-state index in [2.05, 4.69) is 39.2 Å². The fourth-order valence-electron chi connectivity index (χ4n) is 3.52. The van der Waals surface area contributed by atoms with E-state index in [-0.39, 0.29) is 11.6 Å². The minimum absolute atomic E-state index is 0.162. The van der Waals surface area contributed by atoms with Crippen LogP contribution in [0.25, 0.3) is 0 Å². The Hall–Kier alpha value is -2.35. The molecule has 24 heavy (non-hydrogen) atoms. The monoisotopic (exact) mass is 322 g/mol. The van der Waals surface area contributed by atoms with Crippen LogP contribution in [0.4, 0.5) is 11.4 Å². The highest BCUT2D eigenvalue weighted by molar-refractivity contribution is 5.98. The highest BCUT2D eigenvalue weighted by atomic mass is 16.2. The number of nitrogens with zero attached hydrogens (tertiary/aromatic N) is 4. The van der Waals surface area contributed by atoms with Crippen LogP contribution in [0, 0.1) is 12.3 Å². The molecule has 0 aromatic heterocycles. The number of benzene rings is 1. The van der Waals surface area contributed by atoms with Crippen LogP contribution in [-0.2, 0) is 4.79 Å². The van der Waals surface area contributed by atoms with E-state index in [4.69, 9.17) is 6.42 Å². The van der Waals surface area contributed by atoms with Gasteiger partial charge >= 0.3 is 0 Å². The smallest absolute Gasteiger partial charge is 0.227 e. The Morgan fingerprint density at radius 3 is 2.62 bits per heavy atom. The third-order valence-electron chi connectivity index (χ3n) is 5.13. The minimum Gasteiger partial charge on any atom is -0.365 e.